The summed E-state index contributed by atoms with van der Waals surface area (Å²) in [7, 11) is -3.65. The average molecular weight is 456 g/mol. The maximum Gasteiger partial charge on any atom is 0.252 e. The number of carbonyl (C=O) groups is 1. The number of halogens is 1. The Hall–Kier alpha value is -1.45. The zero-order valence-electron chi connectivity index (χ0n) is 16.7. The van der Waals surface area contributed by atoms with E-state index in [-0.39, 0.29) is 21.4 Å². The van der Waals surface area contributed by atoms with Crippen molar-refractivity contribution < 1.29 is 13.2 Å². The molecule has 0 unspecified atom stereocenters. The van der Waals surface area contributed by atoms with E-state index >= 15 is 0 Å². The molecule has 158 valence electrons. The first-order valence-corrected chi connectivity index (χ1v) is 12.4. The summed E-state index contributed by atoms with van der Waals surface area (Å²) in [4.78, 5) is 16.5. The number of carbonyl (C=O) groups excluding carboxylic acids is 1. The highest BCUT2D eigenvalue weighted by Crippen LogP contribution is 2.24. The molecular formula is C20H26ClN3O3S2. The summed E-state index contributed by atoms with van der Waals surface area (Å²) in [6.45, 7) is 7.37. The lowest BCUT2D eigenvalue weighted by Crippen LogP contribution is -2.37. The SMILES string of the molecule is CCN(CC)S(=O)(=O)c1ccc(Cl)c(C(=O)NCCN2CCc3sccc3C2)c1. The Labute approximate surface area is 181 Å². The van der Waals surface area contributed by atoms with Gasteiger partial charge in [-0.25, -0.2) is 8.42 Å². The van der Waals surface area contributed by atoms with E-state index in [1.54, 1.807) is 25.2 Å². The predicted molar refractivity (Wildman–Crippen MR) is 117 cm³/mol. The highest BCUT2D eigenvalue weighted by molar-refractivity contribution is 7.89. The first-order chi connectivity index (χ1) is 13.9. The number of fused-ring (bicyclic) bond motifs is 1. The molecule has 0 fully saturated rings. The van der Waals surface area contributed by atoms with Gasteiger partial charge in [0.2, 0.25) is 10.0 Å². The van der Waals surface area contributed by atoms with Gasteiger partial charge in [0.25, 0.3) is 5.91 Å². The van der Waals surface area contributed by atoms with Gasteiger partial charge in [-0.1, -0.05) is 25.4 Å². The summed E-state index contributed by atoms with van der Waals surface area (Å²) in [5, 5.41) is 5.23. The third kappa shape index (κ3) is 5.00. The topological polar surface area (TPSA) is 69.7 Å². The molecule has 2 heterocycles. The molecule has 0 bridgehead atoms. The second-order valence-electron chi connectivity index (χ2n) is 6.88. The fraction of sp³-hybridized carbons (Fsp3) is 0.450. The van der Waals surface area contributed by atoms with E-state index in [2.05, 4.69) is 21.7 Å². The first kappa shape index (κ1) is 22.2. The Balaban J connectivity index is 1.63. The second-order valence-corrected chi connectivity index (χ2v) is 10.2. The van der Waals surface area contributed by atoms with Gasteiger partial charge in [-0.05, 0) is 41.6 Å². The molecule has 0 radical (unpaired) electrons. The van der Waals surface area contributed by atoms with Crippen molar-refractivity contribution in [2.45, 2.75) is 31.7 Å². The van der Waals surface area contributed by atoms with Crippen LogP contribution in [0.3, 0.4) is 0 Å². The number of amides is 1. The Morgan fingerprint density at radius 1 is 1.28 bits per heavy atom. The van der Waals surface area contributed by atoms with Gasteiger partial charge in [-0.3, -0.25) is 9.69 Å². The average Bonchev–Trinajstić information content (AvgIpc) is 3.16. The van der Waals surface area contributed by atoms with Crippen molar-refractivity contribution in [3.05, 3.63) is 50.7 Å². The molecule has 0 aliphatic carbocycles. The van der Waals surface area contributed by atoms with E-state index in [9.17, 15) is 13.2 Å². The van der Waals surface area contributed by atoms with Gasteiger partial charge in [0.15, 0.2) is 0 Å². The number of benzene rings is 1. The van der Waals surface area contributed by atoms with Gasteiger partial charge in [-0.15, -0.1) is 11.3 Å². The summed E-state index contributed by atoms with van der Waals surface area (Å²) in [5.74, 6) is -0.361. The lowest BCUT2D eigenvalue weighted by Gasteiger charge is -2.26. The molecule has 0 atom stereocenters. The van der Waals surface area contributed by atoms with Gasteiger partial charge in [0.05, 0.1) is 15.5 Å². The van der Waals surface area contributed by atoms with Gasteiger partial charge >= 0.3 is 0 Å². The third-order valence-electron chi connectivity index (χ3n) is 5.13. The van der Waals surface area contributed by atoms with Gasteiger partial charge in [0.1, 0.15) is 0 Å². The maximum absolute atomic E-state index is 12.7. The van der Waals surface area contributed by atoms with Crippen molar-refractivity contribution in [3.63, 3.8) is 0 Å². The largest absolute Gasteiger partial charge is 0.351 e. The number of thiophene rings is 1. The Morgan fingerprint density at radius 3 is 2.76 bits per heavy atom. The number of nitrogens with one attached hydrogen (secondary N) is 1. The Morgan fingerprint density at radius 2 is 2.03 bits per heavy atom. The van der Waals surface area contributed by atoms with Crippen LogP contribution in [-0.4, -0.2) is 56.3 Å². The third-order valence-corrected chi connectivity index (χ3v) is 8.52. The van der Waals surface area contributed by atoms with Crippen LogP contribution in [0.5, 0.6) is 0 Å². The van der Waals surface area contributed by atoms with E-state index in [0.29, 0.717) is 19.6 Å². The summed E-state index contributed by atoms with van der Waals surface area (Å²) < 4.78 is 26.8. The molecule has 0 spiro atoms. The van der Waals surface area contributed by atoms with Crippen molar-refractivity contribution in [2.24, 2.45) is 0 Å². The van der Waals surface area contributed by atoms with E-state index in [4.69, 9.17) is 11.6 Å². The van der Waals surface area contributed by atoms with E-state index in [1.165, 1.54) is 32.9 Å². The summed E-state index contributed by atoms with van der Waals surface area (Å²) in [5.41, 5.74) is 1.54. The molecule has 1 aromatic heterocycles. The standard InChI is InChI=1S/C20H26ClN3O3S2/c1-3-24(4-2)29(26,27)16-5-6-18(21)17(13-16)20(25)22-9-11-23-10-7-19-15(14-23)8-12-28-19/h5-6,8,12-13H,3-4,7,9-11,14H2,1-2H3,(H,22,25). The van der Waals surface area contributed by atoms with Gasteiger partial charge in [0, 0.05) is 44.1 Å². The van der Waals surface area contributed by atoms with Crippen molar-refractivity contribution in [1.82, 2.24) is 14.5 Å². The molecule has 3 rings (SSSR count). The fourth-order valence-corrected chi connectivity index (χ4v) is 6.05. The zero-order chi connectivity index (χ0) is 21.0. The molecule has 9 heteroatoms. The van der Waals surface area contributed by atoms with Crippen LogP contribution in [0.4, 0.5) is 0 Å². The second kappa shape index (κ2) is 9.57. The van der Waals surface area contributed by atoms with Crippen LogP contribution >= 0.6 is 22.9 Å². The molecule has 1 aliphatic heterocycles. The molecule has 1 amide bonds. The van der Waals surface area contributed by atoms with Crippen molar-refractivity contribution >= 4 is 38.9 Å². The van der Waals surface area contributed by atoms with Gasteiger partial charge < -0.3 is 5.32 Å². The van der Waals surface area contributed by atoms with Crippen molar-refractivity contribution in [1.29, 1.82) is 0 Å². The molecule has 1 aromatic carbocycles. The summed E-state index contributed by atoms with van der Waals surface area (Å²) >= 11 is 7.98. The summed E-state index contributed by atoms with van der Waals surface area (Å²) in [6, 6.07) is 6.44. The summed E-state index contributed by atoms with van der Waals surface area (Å²) in [6.07, 6.45) is 1.04. The van der Waals surface area contributed by atoms with Crippen molar-refractivity contribution in [3.8, 4) is 0 Å². The number of hydrogen-bond acceptors (Lipinski definition) is 5. The molecule has 0 saturated carbocycles. The zero-order valence-corrected chi connectivity index (χ0v) is 19.0. The van der Waals surface area contributed by atoms with Crippen LogP contribution in [0.2, 0.25) is 5.02 Å². The van der Waals surface area contributed by atoms with Crippen LogP contribution < -0.4 is 5.32 Å². The molecule has 2 aromatic rings. The van der Waals surface area contributed by atoms with E-state index < -0.39 is 10.0 Å². The van der Waals surface area contributed by atoms with Crippen LogP contribution in [0.15, 0.2) is 34.5 Å². The van der Waals surface area contributed by atoms with Gasteiger partial charge in [-0.2, -0.15) is 4.31 Å². The first-order valence-electron chi connectivity index (χ1n) is 9.72. The number of sulfonamides is 1. The van der Waals surface area contributed by atoms with Crippen LogP contribution in [0, 0.1) is 0 Å². The number of rotatable bonds is 8. The van der Waals surface area contributed by atoms with E-state index in [0.717, 1.165) is 26.1 Å². The molecule has 0 saturated heterocycles. The highest BCUT2D eigenvalue weighted by atomic mass is 35.5. The maximum atomic E-state index is 12.7. The number of hydrogen-bond donors (Lipinski definition) is 1. The number of nitrogens with zero attached hydrogens (tertiary/aromatic N) is 2. The quantitative estimate of drug-likeness (QED) is 0.663. The Bertz CT molecular complexity index is 971. The molecule has 29 heavy (non-hydrogen) atoms. The minimum atomic E-state index is -3.65. The predicted octanol–water partition coefficient (Wildman–Crippen LogP) is 3.22. The highest BCUT2D eigenvalue weighted by Gasteiger charge is 2.24. The van der Waals surface area contributed by atoms with Crippen LogP contribution in [-0.2, 0) is 23.0 Å². The lowest BCUT2D eigenvalue weighted by atomic mass is 10.1. The monoisotopic (exact) mass is 455 g/mol. The molecular weight excluding hydrogens is 430 g/mol. The van der Waals surface area contributed by atoms with Crippen LogP contribution in [0.1, 0.15) is 34.6 Å². The smallest absolute Gasteiger partial charge is 0.252 e. The van der Waals surface area contributed by atoms with Crippen LogP contribution in [0.25, 0.3) is 0 Å². The Kier molecular flexibility index (Phi) is 7.34. The molecule has 1 aliphatic rings. The fourth-order valence-electron chi connectivity index (χ4n) is 3.47. The lowest BCUT2D eigenvalue weighted by molar-refractivity contribution is 0.0947. The minimum Gasteiger partial charge on any atom is -0.351 e. The minimum absolute atomic E-state index is 0.0803. The molecule has 6 nitrogen and oxygen atoms in total. The van der Waals surface area contributed by atoms with Crippen molar-refractivity contribution in [2.75, 3.05) is 32.7 Å². The molecule has 1 N–H and O–H groups in total. The van der Waals surface area contributed by atoms with E-state index in [1.807, 2.05) is 0 Å². The normalized spacial score (nSPS) is 14.8.